The van der Waals surface area contributed by atoms with E-state index in [0.717, 1.165) is 32.1 Å². The van der Waals surface area contributed by atoms with E-state index in [9.17, 15) is 0 Å². The number of hydrogen-bond donors (Lipinski definition) is 2. The van der Waals surface area contributed by atoms with Gasteiger partial charge >= 0.3 is 0 Å². The second kappa shape index (κ2) is 10.7. The SMILES string of the molecule is CN=C(NCC(C)C)NCC1(CCOC)CCCC1.I. The smallest absolute Gasteiger partial charge is 0.191 e. The zero-order valence-corrected chi connectivity index (χ0v) is 15.8. The standard InChI is InChI=1S/C15H31N3O.HI/c1-13(2)11-17-14(16-3)18-12-15(9-10-19-4)7-5-6-8-15;/h13H,5-12H2,1-4H3,(H2,16,17,18);1H. The lowest BCUT2D eigenvalue weighted by atomic mass is 9.83. The molecule has 0 bridgehead atoms. The highest BCUT2D eigenvalue weighted by molar-refractivity contribution is 14.0. The van der Waals surface area contributed by atoms with E-state index in [1.807, 2.05) is 7.05 Å². The number of methoxy groups -OCH3 is 1. The lowest BCUT2D eigenvalue weighted by Gasteiger charge is -2.30. The van der Waals surface area contributed by atoms with Crippen molar-refractivity contribution in [2.75, 3.05) is 33.9 Å². The molecule has 20 heavy (non-hydrogen) atoms. The first-order chi connectivity index (χ1) is 9.12. The van der Waals surface area contributed by atoms with Crippen molar-refractivity contribution in [3.63, 3.8) is 0 Å². The van der Waals surface area contributed by atoms with E-state index in [4.69, 9.17) is 4.74 Å². The molecule has 0 amide bonds. The van der Waals surface area contributed by atoms with Crippen LogP contribution in [0, 0.1) is 11.3 Å². The summed E-state index contributed by atoms with van der Waals surface area (Å²) in [5, 5.41) is 6.87. The second-order valence-electron chi connectivity index (χ2n) is 6.15. The first-order valence-corrected chi connectivity index (χ1v) is 7.55. The van der Waals surface area contributed by atoms with Crippen molar-refractivity contribution >= 4 is 29.9 Å². The quantitative estimate of drug-likeness (QED) is 0.395. The van der Waals surface area contributed by atoms with E-state index in [2.05, 4.69) is 29.5 Å². The lowest BCUT2D eigenvalue weighted by molar-refractivity contribution is 0.138. The Labute approximate surface area is 141 Å². The fourth-order valence-electron chi connectivity index (χ4n) is 2.75. The summed E-state index contributed by atoms with van der Waals surface area (Å²) in [5.74, 6) is 1.56. The van der Waals surface area contributed by atoms with Gasteiger partial charge in [0, 0.05) is 33.9 Å². The van der Waals surface area contributed by atoms with E-state index in [0.29, 0.717) is 11.3 Å². The fraction of sp³-hybridized carbons (Fsp3) is 0.933. The third-order valence-corrected chi connectivity index (χ3v) is 4.03. The van der Waals surface area contributed by atoms with Crippen LogP contribution in [0.4, 0.5) is 0 Å². The molecule has 1 aliphatic carbocycles. The van der Waals surface area contributed by atoms with Gasteiger partial charge in [-0.2, -0.15) is 0 Å². The van der Waals surface area contributed by atoms with Gasteiger partial charge in [0.2, 0.25) is 0 Å². The van der Waals surface area contributed by atoms with Gasteiger partial charge in [-0.25, -0.2) is 0 Å². The molecule has 1 aliphatic rings. The minimum Gasteiger partial charge on any atom is -0.385 e. The summed E-state index contributed by atoms with van der Waals surface area (Å²) in [6.45, 7) is 7.24. The minimum absolute atomic E-state index is 0. The van der Waals surface area contributed by atoms with Crippen LogP contribution in [0.1, 0.15) is 46.0 Å². The average molecular weight is 397 g/mol. The van der Waals surface area contributed by atoms with Gasteiger partial charge in [-0.05, 0) is 30.6 Å². The van der Waals surface area contributed by atoms with Crippen LogP contribution in [0.15, 0.2) is 4.99 Å². The molecule has 5 heteroatoms. The first-order valence-electron chi connectivity index (χ1n) is 7.55. The molecule has 0 unspecified atom stereocenters. The predicted octanol–water partition coefficient (Wildman–Crippen LogP) is 3.02. The third-order valence-electron chi connectivity index (χ3n) is 4.03. The molecule has 1 saturated carbocycles. The van der Waals surface area contributed by atoms with Crippen molar-refractivity contribution in [3.05, 3.63) is 0 Å². The molecule has 0 aliphatic heterocycles. The molecular weight excluding hydrogens is 365 g/mol. The zero-order valence-electron chi connectivity index (χ0n) is 13.5. The number of rotatable bonds is 7. The molecule has 1 rings (SSSR count). The predicted molar refractivity (Wildman–Crippen MR) is 97.0 cm³/mol. The van der Waals surface area contributed by atoms with Crippen molar-refractivity contribution in [1.82, 2.24) is 10.6 Å². The van der Waals surface area contributed by atoms with E-state index in [1.54, 1.807) is 7.11 Å². The Hall–Kier alpha value is -0.0400. The second-order valence-corrected chi connectivity index (χ2v) is 6.15. The number of guanidine groups is 1. The maximum Gasteiger partial charge on any atom is 0.191 e. The topological polar surface area (TPSA) is 45.7 Å². The van der Waals surface area contributed by atoms with E-state index in [1.165, 1.54) is 25.7 Å². The van der Waals surface area contributed by atoms with Crippen LogP contribution in [0.25, 0.3) is 0 Å². The van der Waals surface area contributed by atoms with Gasteiger partial charge in [-0.1, -0.05) is 26.7 Å². The van der Waals surface area contributed by atoms with Gasteiger partial charge < -0.3 is 15.4 Å². The summed E-state index contributed by atoms with van der Waals surface area (Å²) in [4.78, 5) is 4.30. The summed E-state index contributed by atoms with van der Waals surface area (Å²) < 4.78 is 5.27. The van der Waals surface area contributed by atoms with Crippen LogP contribution in [0.3, 0.4) is 0 Å². The maximum absolute atomic E-state index is 5.27. The zero-order chi connectivity index (χ0) is 14.1. The molecule has 4 nitrogen and oxygen atoms in total. The molecule has 0 saturated heterocycles. The summed E-state index contributed by atoms with van der Waals surface area (Å²) in [7, 11) is 3.63. The van der Waals surface area contributed by atoms with Gasteiger partial charge in [-0.3, -0.25) is 4.99 Å². The van der Waals surface area contributed by atoms with Crippen LogP contribution in [-0.4, -0.2) is 39.8 Å². The molecule has 0 aromatic rings. The van der Waals surface area contributed by atoms with Gasteiger partial charge in [-0.15, -0.1) is 24.0 Å². The van der Waals surface area contributed by atoms with Crippen molar-refractivity contribution in [1.29, 1.82) is 0 Å². The molecule has 0 radical (unpaired) electrons. The van der Waals surface area contributed by atoms with Crippen molar-refractivity contribution in [2.24, 2.45) is 16.3 Å². The Morgan fingerprint density at radius 3 is 2.40 bits per heavy atom. The maximum atomic E-state index is 5.27. The Balaban J connectivity index is 0.00000361. The molecular formula is C15H32IN3O. The molecule has 0 atom stereocenters. The Morgan fingerprint density at radius 1 is 1.25 bits per heavy atom. The summed E-state index contributed by atoms with van der Waals surface area (Å²) in [6.07, 6.45) is 6.47. The van der Waals surface area contributed by atoms with E-state index >= 15 is 0 Å². The van der Waals surface area contributed by atoms with Gasteiger partial charge in [0.05, 0.1) is 0 Å². The van der Waals surface area contributed by atoms with Crippen LogP contribution in [-0.2, 0) is 4.74 Å². The number of hydrogen-bond acceptors (Lipinski definition) is 2. The highest BCUT2D eigenvalue weighted by Crippen LogP contribution is 2.40. The fourth-order valence-corrected chi connectivity index (χ4v) is 2.75. The number of aliphatic imine (C=N–C) groups is 1. The highest BCUT2D eigenvalue weighted by Gasteiger charge is 2.33. The highest BCUT2D eigenvalue weighted by atomic mass is 127. The van der Waals surface area contributed by atoms with E-state index in [-0.39, 0.29) is 24.0 Å². The molecule has 0 spiro atoms. The first kappa shape index (κ1) is 20.0. The van der Waals surface area contributed by atoms with Crippen LogP contribution < -0.4 is 10.6 Å². The van der Waals surface area contributed by atoms with Crippen molar-refractivity contribution in [2.45, 2.75) is 46.0 Å². The molecule has 1 fully saturated rings. The Morgan fingerprint density at radius 2 is 1.90 bits per heavy atom. The molecule has 120 valence electrons. The lowest BCUT2D eigenvalue weighted by Crippen LogP contribution is -2.44. The number of ether oxygens (including phenoxy) is 1. The number of nitrogens with zero attached hydrogens (tertiary/aromatic N) is 1. The monoisotopic (exact) mass is 397 g/mol. The van der Waals surface area contributed by atoms with Crippen LogP contribution >= 0.6 is 24.0 Å². The van der Waals surface area contributed by atoms with E-state index < -0.39 is 0 Å². The molecule has 0 heterocycles. The van der Waals surface area contributed by atoms with Crippen molar-refractivity contribution < 1.29 is 4.74 Å². The molecule has 2 N–H and O–H groups in total. The average Bonchev–Trinajstić information content (AvgIpc) is 2.86. The molecule has 0 aromatic carbocycles. The number of halogens is 1. The largest absolute Gasteiger partial charge is 0.385 e. The van der Waals surface area contributed by atoms with Gasteiger partial charge in [0.25, 0.3) is 0 Å². The Bertz CT molecular complexity index is 276. The summed E-state index contributed by atoms with van der Waals surface area (Å²) in [5.41, 5.74) is 0.408. The van der Waals surface area contributed by atoms with Gasteiger partial charge in [0.15, 0.2) is 5.96 Å². The van der Waals surface area contributed by atoms with Crippen LogP contribution in [0.5, 0.6) is 0 Å². The summed E-state index contributed by atoms with van der Waals surface area (Å²) >= 11 is 0. The summed E-state index contributed by atoms with van der Waals surface area (Å²) in [6, 6.07) is 0. The molecule has 0 aromatic heterocycles. The Kier molecular flexibility index (Phi) is 10.6. The number of nitrogens with one attached hydrogen (secondary N) is 2. The minimum atomic E-state index is 0. The normalized spacial score (nSPS) is 17.9. The van der Waals surface area contributed by atoms with Crippen LogP contribution in [0.2, 0.25) is 0 Å². The van der Waals surface area contributed by atoms with Crippen molar-refractivity contribution in [3.8, 4) is 0 Å². The third kappa shape index (κ3) is 7.11. The van der Waals surface area contributed by atoms with Gasteiger partial charge in [0.1, 0.15) is 0 Å².